The molecule has 0 aliphatic heterocycles. The van der Waals surface area contributed by atoms with Crippen molar-refractivity contribution in [3.05, 3.63) is 47.5 Å². The fraction of sp³-hybridized carbons (Fsp3) is 0.263. The Kier molecular flexibility index (Phi) is 5.92. The Morgan fingerprint density at radius 1 is 1.14 bits per heavy atom. The summed E-state index contributed by atoms with van der Waals surface area (Å²) < 4.78 is 43.4. The number of aryl methyl sites for hydroxylation is 1. The number of anilines is 1. The fourth-order valence-corrected chi connectivity index (χ4v) is 3.98. The maximum atomic E-state index is 13.0. The van der Waals surface area contributed by atoms with Crippen LogP contribution in [-0.4, -0.2) is 33.9 Å². The van der Waals surface area contributed by atoms with E-state index in [0.717, 1.165) is 11.1 Å². The van der Waals surface area contributed by atoms with Gasteiger partial charge >= 0.3 is 6.09 Å². The van der Waals surface area contributed by atoms with Crippen molar-refractivity contribution >= 4 is 32.9 Å². The number of amides is 1. The maximum absolute atomic E-state index is 13.0. The third-order valence-corrected chi connectivity index (χ3v) is 5.67. The van der Waals surface area contributed by atoms with Gasteiger partial charge in [0.2, 0.25) is 0 Å². The molecule has 0 radical (unpaired) electrons. The number of fused-ring (bicyclic) bond motifs is 1. The Bertz CT molecular complexity index is 1140. The van der Waals surface area contributed by atoms with Crippen LogP contribution in [0.1, 0.15) is 18.1 Å². The molecule has 10 heteroatoms. The number of carbonyl (C=O) groups excluding carboxylic acids is 1. The van der Waals surface area contributed by atoms with Crippen LogP contribution in [0.5, 0.6) is 5.75 Å². The molecule has 0 atom stereocenters. The van der Waals surface area contributed by atoms with Crippen molar-refractivity contribution in [3.8, 4) is 5.75 Å². The van der Waals surface area contributed by atoms with E-state index < -0.39 is 16.1 Å². The Balaban J connectivity index is 1.94. The highest BCUT2D eigenvalue weighted by Gasteiger charge is 2.23. The number of alkyl carbamates (subject to hydrolysis) is 1. The normalized spacial score (nSPS) is 11.3. The maximum Gasteiger partial charge on any atom is 0.407 e. The fourth-order valence-electron chi connectivity index (χ4n) is 2.75. The first-order valence-corrected chi connectivity index (χ1v) is 10.3. The molecule has 0 saturated carbocycles. The lowest BCUT2D eigenvalue weighted by Crippen LogP contribution is -2.22. The molecule has 0 bridgehead atoms. The molecule has 29 heavy (non-hydrogen) atoms. The average molecular weight is 419 g/mol. The predicted molar refractivity (Wildman–Crippen MR) is 106 cm³/mol. The molecule has 2 aromatic carbocycles. The van der Waals surface area contributed by atoms with Gasteiger partial charge in [-0.15, -0.1) is 0 Å². The zero-order valence-electron chi connectivity index (χ0n) is 16.2. The molecule has 3 aromatic rings. The molecule has 2 N–H and O–H groups in total. The number of aromatic nitrogens is 1. The van der Waals surface area contributed by atoms with Crippen LogP contribution >= 0.6 is 0 Å². The number of nitrogens with zero attached hydrogens (tertiary/aromatic N) is 1. The summed E-state index contributed by atoms with van der Waals surface area (Å²) in [6.07, 6.45) is 0.106. The summed E-state index contributed by atoms with van der Waals surface area (Å²) in [5.74, 6) is 0.273. The van der Waals surface area contributed by atoms with Gasteiger partial charge in [0.1, 0.15) is 10.6 Å². The molecule has 1 aromatic heterocycles. The lowest BCUT2D eigenvalue weighted by Gasteiger charge is -2.11. The molecule has 1 heterocycles. The van der Waals surface area contributed by atoms with Gasteiger partial charge in [0.05, 0.1) is 19.6 Å². The van der Waals surface area contributed by atoms with Crippen LogP contribution in [0.2, 0.25) is 0 Å². The SMILES string of the molecule is CCc1ccc(OC)c(S(=O)(=O)Nc2noc3ccc(CNC(=O)OC)cc23)c1. The van der Waals surface area contributed by atoms with Gasteiger partial charge in [0, 0.05) is 6.54 Å². The molecule has 0 aliphatic rings. The first kappa shape index (κ1) is 20.5. The van der Waals surface area contributed by atoms with E-state index in [4.69, 9.17) is 9.26 Å². The van der Waals surface area contributed by atoms with Gasteiger partial charge in [0.25, 0.3) is 10.0 Å². The lowest BCUT2D eigenvalue weighted by atomic mass is 10.1. The molecule has 0 fully saturated rings. The predicted octanol–water partition coefficient (Wildman–Crippen LogP) is 3.06. The second-order valence-corrected chi connectivity index (χ2v) is 7.80. The number of hydrogen-bond donors (Lipinski definition) is 2. The van der Waals surface area contributed by atoms with E-state index in [-0.39, 0.29) is 23.0 Å². The van der Waals surface area contributed by atoms with E-state index in [0.29, 0.717) is 17.4 Å². The summed E-state index contributed by atoms with van der Waals surface area (Å²) in [6, 6.07) is 10.0. The van der Waals surface area contributed by atoms with Gasteiger partial charge in [-0.25, -0.2) is 13.2 Å². The largest absolute Gasteiger partial charge is 0.495 e. The highest BCUT2D eigenvalue weighted by Crippen LogP contribution is 2.30. The first-order chi connectivity index (χ1) is 13.9. The number of rotatable bonds is 7. The van der Waals surface area contributed by atoms with E-state index in [1.807, 2.05) is 13.0 Å². The first-order valence-electron chi connectivity index (χ1n) is 8.77. The summed E-state index contributed by atoms with van der Waals surface area (Å²) in [7, 11) is -1.30. The smallest absolute Gasteiger partial charge is 0.407 e. The van der Waals surface area contributed by atoms with Crippen LogP contribution in [-0.2, 0) is 27.7 Å². The number of hydrogen-bond acceptors (Lipinski definition) is 7. The van der Waals surface area contributed by atoms with Crippen LogP contribution in [0.3, 0.4) is 0 Å². The van der Waals surface area contributed by atoms with Crippen LogP contribution in [0.4, 0.5) is 10.6 Å². The number of ether oxygens (including phenoxy) is 2. The van der Waals surface area contributed by atoms with Crippen molar-refractivity contribution in [2.45, 2.75) is 24.8 Å². The van der Waals surface area contributed by atoms with Crippen molar-refractivity contribution in [3.63, 3.8) is 0 Å². The minimum absolute atomic E-state index is 0.0130. The number of methoxy groups -OCH3 is 2. The van der Waals surface area contributed by atoms with Gasteiger partial charge < -0.3 is 19.3 Å². The minimum atomic E-state index is -3.98. The van der Waals surface area contributed by atoms with Crippen molar-refractivity contribution in [2.24, 2.45) is 0 Å². The third-order valence-electron chi connectivity index (χ3n) is 4.31. The third kappa shape index (κ3) is 4.43. The molecule has 3 rings (SSSR count). The Morgan fingerprint density at radius 3 is 2.59 bits per heavy atom. The summed E-state index contributed by atoms with van der Waals surface area (Å²) >= 11 is 0. The molecule has 0 spiro atoms. The van der Waals surface area contributed by atoms with Crippen LogP contribution < -0.4 is 14.8 Å². The van der Waals surface area contributed by atoms with E-state index in [2.05, 4.69) is 19.9 Å². The van der Waals surface area contributed by atoms with E-state index in [1.54, 1.807) is 30.3 Å². The highest BCUT2D eigenvalue weighted by atomic mass is 32.2. The van der Waals surface area contributed by atoms with Gasteiger partial charge in [-0.05, 0) is 41.8 Å². The molecule has 1 amide bonds. The topological polar surface area (TPSA) is 120 Å². The van der Waals surface area contributed by atoms with Gasteiger partial charge in [0.15, 0.2) is 11.4 Å². The van der Waals surface area contributed by atoms with Crippen molar-refractivity contribution in [2.75, 3.05) is 18.9 Å². The Hall–Kier alpha value is -3.27. The Morgan fingerprint density at radius 2 is 1.90 bits per heavy atom. The van der Waals surface area contributed by atoms with Crippen LogP contribution in [0.25, 0.3) is 11.0 Å². The number of sulfonamides is 1. The van der Waals surface area contributed by atoms with Crippen LogP contribution in [0.15, 0.2) is 45.8 Å². The summed E-state index contributed by atoms with van der Waals surface area (Å²) in [5, 5.41) is 6.86. The Labute approximate surface area is 168 Å². The van der Waals surface area contributed by atoms with Gasteiger partial charge in [-0.2, -0.15) is 0 Å². The van der Waals surface area contributed by atoms with E-state index in [1.165, 1.54) is 14.2 Å². The number of nitrogens with one attached hydrogen (secondary N) is 2. The monoisotopic (exact) mass is 419 g/mol. The number of carbonyl (C=O) groups is 1. The average Bonchev–Trinajstić information content (AvgIpc) is 3.12. The quantitative estimate of drug-likeness (QED) is 0.604. The lowest BCUT2D eigenvalue weighted by molar-refractivity contribution is 0.170. The molecule has 0 unspecified atom stereocenters. The molecule has 9 nitrogen and oxygen atoms in total. The number of benzene rings is 2. The van der Waals surface area contributed by atoms with Gasteiger partial charge in [-0.3, -0.25) is 4.72 Å². The van der Waals surface area contributed by atoms with Gasteiger partial charge in [-0.1, -0.05) is 24.2 Å². The summed E-state index contributed by atoms with van der Waals surface area (Å²) in [5.41, 5.74) is 1.98. The van der Waals surface area contributed by atoms with Crippen LogP contribution in [0, 0.1) is 0 Å². The minimum Gasteiger partial charge on any atom is -0.495 e. The summed E-state index contributed by atoms with van der Waals surface area (Å²) in [6.45, 7) is 2.13. The molecule has 0 saturated heterocycles. The highest BCUT2D eigenvalue weighted by molar-refractivity contribution is 7.92. The molecule has 154 valence electrons. The van der Waals surface area contributed by atoms with Crippen molar-refractivity contribution < 1.29 is 27.2 Å². The van der Waals surface area contributed by atoms with E-state index >= 15 is 0 Å². The second kappa shape index (κ2) is 8.39. The summed E-state index contributed by atoms with van der Waals surface area (Å²) in [4.78, 5) is 11.3. The van der Waals surface area contributed by atoms with E-state index in [9.17, 15) is 13.2 Å². The van der Waals surface area contributed by atoms with Crippen molar-refractivity contribution in [1.29, 1.82) is 0 Å². The zero-order chi connectivity index (χ0) is 21.0. The molecular formula is C19H21N3O6S. The standard InChI is InChI=1S/C19H21N3O6S/c1-4-12-5-8-16(26-2)17(10-12)29(24,25)22-18-14-9-13(11-20-19(23)27-3)6-7-15(14)28-21-18/h5-10H,4,11H2,1-3H3,(H,20,23)(H,21,22). The zero-order valence-corrected chi connectivity index (χ0v) is 17.0. The molecule has 0 aliphatic carbocycles. The molecular weight excluding hydrogens is 398 g/mol. The van der Waals surface area contributed by atoms with Crippen molar-refractivity contribution in [1.82, 2.24) is 10.5 Å². The second-order valence-electron chi connectivity index (χ2n) is 6.15.